The van der Waals surface area contributed by atoms with Crippen molar-refractivity contribution in [1.82, 2.24) is 0 Å². The Kier molecular flexibility index (Phi) is 6.83. The third kappa shape index (κ3) is 5.08. The van der Waals surface area contributed by atoms with Gasteiger partial charge in [-0.1, -0.05) is 23.7 Å². The summed E-state index contributed by atoms with van der Waals surface area (Å²) < 4.78 is 55.6. The summed E-state index contributed by atoms with van der Waals surface area (Å²) in [6.07, 6.45) is 0.491. The Labute approximate surface area is 227 Å². The summed E-state index contributed by atoms with van der Waals surface area (Å²) in [7, 11) is -4.00. The number of hydrogen-bond donors (Lipinski definition) is 2. The summed E-state index contributed by atoms with van der Waals surface area (Å²) in [5.74, 6) is -3.78. The van der Waals surface area contributed by atoms with E-state index < -0.39 is 33.5 Å². The van der Waals surface area contributed by atoms with Gasteiger partial charge in [-0.05, 0) is 78.2 Å². The van der Waals surface area contributed by atoms with Crippen molar-refractivity contribution in [2.45, 2.75) is 11.3 Å². The average Bonchev–Trinajstić information content (AvgIpc) is 3.33. The molecule has 4 aromatic rings. The molecule has 0 aromatic heterocycles. The number of anilines is 2. The topological polar surface area (TPSA) is 104 Å². The first-order chi connectivity index (χ1) is 18.5. The number of sulfonamides is 1. The highest BCUT2D eigenvalue weighted by molar-refractivity contribution is 7.92. The minimum Gasteiger partial charge on any atom is -0.478 e. The Morgan fingerprint density at radius 3 is 2.49 bits per heavy atom. The van der Waals surface area contributed by atoms with Crippen LogP contribution in [0.3, 0.4) is 0 Å². The van der Waals surface area contributed by atoms with Crippen LogP contribution in [0, 0.1) is 11.6 Å². The molecule has 0 atom stereocenters. The molecule has 0 bridgehead atoms. The number of aromatic carboxylic acids is 1. The number of benzene rings is 4. The van der Waals surface area contributed by atoms with E-state index in [9.17, 15) is 31.9 Å². The molecular weight excluding hydrogens is 550 g/mol. The van der Waals surface area contributed by atoms with Gasteiger partial charge in [0.25, 0.3) is 15.9 Å². The van der Waals surface area contributed by atoms with Gasteiger partial charge in [-0.2, -0.15) is 0 Å². The molecule has 0 fully saturated rings. The van der Waals surface area contributed by atoms with Gasteiger partial charge >= 0.3 is 5.97 Å². The molecule has 1 amide bonds. The molecule has 2 N–H and O–H groups in total. The predicted molar refractivity (Wildman–Crippen MR) is 143 cm³/mol. The van der Waals surface area contributed by atoms with Gasteiger partial charge in [-0.3, -0.25) is 9.10 Å². The van der Waals surface area contributed by atoms with Crippen molar-refractivity contribution in [2.24, 2.45) is 0 Å². The van der Waals surface area contributed by atoms with Gasteiger partial charge in [0.1, 0.15) is 11.6 Å². The molecule has 11 heteroatoms. The molecule has 1 aliphatic rings. The molecule has 4 aromatic carbocycles. The van der Waals surface area contributed by atoms with Crippen molar-refractivity contribution in [3.8, 4) is 11.1 Å². The fourth-order valence-electron chi connectivity index (χ4n) is 4.43. The number of rotatable bonds is 6. The normalized spacial score (nSPS) is 12.7. The van der Waals surface area contributed by atoms with Gasteiger partial charge < -0.3 is 10.4 Å². The first-order valence-corrected chi connectivity index (χ1v) is 13.4. The number of carbonyl (C=O) groups is 2. The van der Waals surface area contributed by atoms with Crippen LogP contribution >= 0.6 is 11.6 Å². The van der Waals surface area contributed by atoms with Crippen LogP contribution in [-0.4, -0.2) is 31.9 Å². The molecule has 0 aliphatic carbocycles. The number of amides is 1. The SMILES string of the molecule is O=C(Nc1ccc(-c2ccc(F)cc2F)cc1C(=O)O)c1cccc(S(=O)(=O)N2CCc3cc(Cl)ccc32)c1. The maximum Gasteiger partial charge on any atom is 0.337 e. The Hall–Kier alpha value is -4.28. The van der Waals surface area contributed by atoms with E-state index in [0.29, 0.717) is 23.2 Å². The van der Waals surface area contributed by atoms with Crippen molar-refractivity contribution in [2.75, 3.05) is 16.2 Å². The van der Waals surface area contributed by atoms with Crippen LogP contribution in [0.15, 0.2) is 83.8 Å². The number of hydrogen-bond acceptors (Lipinski definition) is 4. The maximum absolute atomic E-state index is 14.2. The third-order valence-electron chi connectivity index (χ3n) is 6.32. The monoisotopic (exact) mass is 568 g/mol. The van der Waals surface area contributed by atoms with Crippen molar-refractivity contribution < 1.29 is 31.9 Å². The zero-order valence-electron chi connectivity index (χ0n) is 20.0. The first kappa shape index (κ1) is 26.3. The largest absolute Gasteiger partial charge is 0.478 e. The van der Waals surface area contributed by atoms with Crippen LogP contribution < -0.4 is 9.62 Å². The smallest absolute Gasteiger partial charge is 0.337 e. The Morgan fingerprint density at radius 2 is 1.74 bits per heavy atom. The van der Waals surface area contributed by atoms with Crippen molar-refractivity contribution in [3.63, 3.8) is 0 Å². The molecule has 5 rings (SSSR count). The third-order valence-corrected chi connectivity index (χ3v) is 8.36. The van der Waals surface area contributed by atoms with E-state index >= 15 is 0 Å². The minimum atomic E-state index is -4.00. The quantitative estimate of drug-likeness (QED) is 0.297. The first-order valence-electron chi connectivity index (χ1n) is 11.6. The molecule has 1 heterocycles. The number of nitrogens with zero attached hydrogens (tertiary/aromatic N) is 1. The van der Waals surface area contributed by atoms with E-state index in [4.69, 9.17) is 11.6 Å². The highest BCUT2D eigenvalue weighted by atomic mass is 35.5. The molecule has 0 saturated heterocycles. The maximum atomic E-state index is 14.2. The summed E-state index contributed by atoms with van der Waals surface area (Å²) in [6.45, 7) is 0.220. The van der Waals surface area contributed by atoms with Crippen molar-refractivity contribution >= 4 is 44.9 Å². The fourth-order valence-corrected chi connectivity index (χ4v) is 6.17. The molecule has 198 valence electrons. The summed E-state index contributed by atoms with van der Waals surface area (Å²) in [5, 5.41) is 12.7. The van der Waals surface area contributed by atoms with E-state index in [0.717, 1.165) is 17.7 Å². The lowest BCUT2D eigenvalue weighted by atomic mass is 10.0. The van der Waals surface area contributed by atoms with E-state index in [1.807, 2.05) is 0 Å². The summed E-state index contributed by atoms with van der Waals surface area (Å²) in [4.78, 5) is 24.8. The number of fused-ring (bicyclic) bond motifs is 1. The summed E-state index contributed by atoms with van der Waals surface area (Å²) in [5.41, 5.74) is 1.03. The zero-order valence-corrected chi connectivity index (χ0v) is 21.6. The predicted octanol–water partition coefficient (Wildman–Crippen LogP) is 5.99. The van der Waals surface area contributed by atoms with E-state index in [-0.39, 0.29) is 39.4 Å². The van der Waals surface area contributed by atoms with Crippen molar-refractivity contribution in [1.29, 1.82) is 0 Å². The molecule has 1 aliphatic heterocycles. The molecule has 0 saturated carbocycles. The summed E-state index contributed by atoms with van der Waals surface area (Å²) >= 11 is 6.03. The summed E-state index contributed by atoms with van der Waals surface area (Å²) in [6, 6.07) is 17.1. The van der Waals surface area contributed by atoms with Gasteiger partial charge in [0.15, 0.2) is 0 Å². The molecular formula is C28H19ClF2N2O5S. The second-order valence-electron chi connectivity index (χ2n) is 8.77. The van der Waals surface area contributed by atoms with Crippen LogP contribution in [0.5, 0.6) is 0 Å². The number of halogens is 3. The molecule has 7 nitrogen and oxygen atoms in total. The van der Waals surface area contributed by atoms with Crippen LogP contribution in [0.2, 0.25) is 5.02 Å². The van der Waals surface area contributed by atoms with Crippen LogP contribution in [-0.2, 0) is 16.4 Å². The standard InChI is InChI=1S/C28H19ClF2N2O5S/c29-19-5-9-26-17(12-19)10-11-33(26)39(37,38)21-3-1-2-18(13-21)27(34)32-25-8-4-16(14-23(25)28(35)36)22-7-6-20(30)15-24(22)31/h1-9,12-15H,10-11H2,(H,32,34)(H,35,36). The van der Waals surface area contributed by atoms with Crippen LogP contribution in [0.4, 0.5) is 20.2 Å². The Balaban J connectivity index is 1.43. The fraction of sp³-hybridized carbons (Fsp3) is 0.0714. The minimum absolute atomic E-state index is 0.0135. The van der Waals surface area contributed by atoms with Gasteiger partial charge in [0.2, 0.25) is 0 Å². The molecule has 0 radical (unpaired) electrons. The number of nitrogens with one attached hydrogen (secondary N) is 1. The lowest BCUT2D eigenvalue weighted by Crippen LogP contribution is -2.29. The Bertz CT molecular complexity index is 1760. The average molecular weight is 569 g/mol. The lowest BCUT2D eigenvalue weighted by Gasteiger charge is -2.20. The highest BCUT2D eigenvalue weighted by Gasteiger charge is 2.31. The Morgan fingerprint density at radius 1 is 0.949 bits per heavy atom. The van der Waals surface area contributed by atoms with Gasteiger partial charge in [-0.25, -0.2) is 22.0 Å². The van der Waals surface area contributed by atoms with Gasteiger partial charge in [0, 0.05) is 28.8 Å². The van der Waals surface area contributed by atoms with E-state index in [2.05, 4.69) is 5.32 Å². The zero-order chi connectivity index (χ0) is 27.9. The lowest BCUT2D eigenvalue weighted by molar-refractivity contribution is 0.0698. The van der Waals surface area contributed by atoms with E-state index in [1.54, 1.807) is 18.2 Å². The number of carboxylic acids is 1. The van der Waals surface area contributed by atoms with E-state index in [1.165, 1.54) is 46.8 Å². The number of carboxylic acid groups (broad SMARTS) is 1. The van der Waals surface area contributed by atoms with Crippen LogP contribution in [0.1, 0.15) is 26.3 Å². The molecule has 0 spiro atoms. The second kappa shape index (κ2) is 10.1. The molecule has 39 heavy (non-hydrogen) atoms. The van der Waals surface area contributed by atoms with Crippen molar-refractivity contribution in [3.05, 3.63) is 112 Å². The van der Waals surface area contributed by atoms with Gasteiger partial charge in [-0.15, -0.1) is 0 Å². The van der Waals surface area contributed by atoms with Crippen LogP contribution in [0.25, 0.3) is 11.1 Å². The highest BCUT2D eigenvalue weighted by Crippen LogP contribution is 2.35. The number of carbonyl (C=O) groups excluding carboxylic acids is 1. The molecule has 0 unspecified atom stereocenters. The second-order valence-corrected chi connectivity index (χ2v) is 11.1. The van der Waals surface area contributed by atoms with Gasteiger partial charge in [0.05, 0.1) is 21.8 Å².